The second-order valence-corrected chi connectivity index (χ2v) is 10.2. The standard InChI is InChI=1S/C31H57N/c1-4-27-32(28-5-2)29-23-19-17-15-13-11-9-7-6-8-10-12-14-16-18-20-25-31-26-22-21-24-30(31)3/h21-22,24,26H,4-20,23,25,27-29H2,1-3H3. The van der Waals surface area contributed by atoms with Gasteiger partial charge in [-0.1, -0.05) is 128 Å². The Labute approximate surface area is 202 Å². The predicted molar refractivity (Wildman–Crippen MR) is 146 cm³/mol. The van der Waals surface area contributed by atoms with Gasteiger partial charge in [-0.3, -0.25) is 0 Å². The Bertz CT molecular complexity index is 503. The summed E-state index contributed by atoms with van der Waals surface area (Å²) in [5, 5.41) is 0. The molecule has 0 amide bonds. The maximum atomic E-state index is 2.66. The van der Waals surface area contributed by atoms with Gasteiger partial charge in [0.15, 0.2) is 0 Å². The second-order valence-electron chi connectivity index (χ2n) is 10.2. The molecule has 1 heteroatoms. The quantitative estimate of drug-likeness (QED) is 0.152. The first-order valence-corrected chi connectivity index (χ1v) is 14.5. The van der Waals surface area contributed by atoms with Crippen molar-refractivity contribution >= 4 is 0 Å². The van der Waals surface area contributed by atoms with Crippen molar-refractivity contribution in [3.63, 3.8) is 0 Å². The van der Waals surface area contributed by atoms with Gasteiger partial charge in [0, 0.05) is 0 Å². The molecule has 0 fully saturated rings. The van der Waals surface area contributed by atoms with E-state index >= 15 is 0 Å². The molecule has 0 atom stereocenters. The topological polar surface area (TPSA) is 3.24 Å². The lowest BCUT2D eigenvalue weighted by Gasteiger charge is -2.20. The normalized spacial score (nSPS) is 11.5. The van der Waals surface area contributed by atoms with Crippen molar-refractivity contribution in [2.24, 2.45) is 0 Å². The minimum atomic E-state index is 1.27. The van der Waals surface area contributed by atoms with Crippen LogP contribution in [-0.2, 0) is 6.42 Å². The molecule has 0 spiro atoms. The third kappa shape index (κ3) is 16.8. The summed E-state index contributed by atoms with van der Waals surface area (Å²) >= 11 is 0. The van der Waals surface area contributed by atoms with Crippen LogP contribution in [0.1, 0.15) is 141 Å². The number of hydrogen-bond acceptors (Lipinski definition) is 1. The van der Waals surface area contributed by atoms with Gasteiger partial charge in [0.1, 0.15) is 0 Å². The molecule has 0 N–H and O–H groups in total. The minimum absolute atomic E-state index is 1.27. The van der Waals surface area contributed by atoms with Gasteiger partial charge in [0.05, 0.1) is 0 Å². The number of nitrogens with zero attached hydrogens (tertiary/aromatic N) is 1. The Kier molecular flexibility index (Phi) is 20.1. The molecule has 1 rings (SSSR count). The lowest BCUT2D eigenvalue weighted by atomic mass is 10.0. The van der Waals surface area contributed by atoms with Crippen molar-refractivity contribution in [2.75, 3.05) is 19.6 Å². The molecule has 0 bridgehead atoms. The average molecular weight is 444 g/mol. The largest absolute Gasteiger partial charge is 0.303 e. The second kappa shape index (κ2) is 22.0. The molecule has 0 saturated heterocycles. The Morgan fingerprint density at radius 2 is 0.906 bits per heavy atom. The van der Waals surface area contributed by atoms with Gasteiger partial charge >= 0.3 is 0 Å². The van der Waals surface area contributed by atoms with Crippen molar-refractivity contribution in [3.05, 3.63) is 35.4 Å². The first-order chi connectivity index (χ1) is 15.8. The van der Waals surface area contributed by atoms with E-state index in [1.165, 1.54) is 147 Å². The third-order valence-electron chi connectivity index (χ3n) is 7.01. The molecule has 32 heavy (non-hydrogen) atoms. The molecule has 1 aromatic carbocycles. The van der Waals surface area contributed by atoms with E-state index < -0.39 is 0 Å². The SMILES string of the molecule is CCCN(CCC)CCCCCCCCCCCCCCCCCCc1ccccc1C. The molecule has 186 valence electrons. The van der Waals surface area contributed by atoms with Crippen LogP contribution in [0, 0.1) is 6.92 Å². The van der Waals surface area contributed by atoms with E-state index in [-0.39, 0.29) is 0 Å². The molecule has 1 aromatic rings. The van der Waals surface area contributed by atoms with Crippen molar-refractivity contribution < 1.29 is 0 Å². The molecule has 0 aromatic heterocycles. The first-order valence-electron chi connectivity index (χ1n) is 14.5. The number of aryl methyl sites for hydroxylation is 2. The minimum Gasteiger partial charge on any atom is -0.303 e. The van der Waals surface area contributed by atoms with E-state index in [1.54, 1.807) is 5.56 Å². The first kappa shape index (κ1) is 29.2. The number of hydrogen-bond donors (Lipinski definition) is 0. The summed E-state index contributed by atoms with van der Waals surface area (Å²) in [4.78, 5) is 2.66. The average Bonchev–Trinajstić information content (AvgIpc) is 2.79. The highest BCUT2D eigenvalue weighted by atomic mass is 15.1. The van der Waals surface area contributed by atoms with Gasteiger partial charge in [0.25, 0.3) is 0 Å². The summed E-state index contributed by atoms with van der Waals surface area (Å²) in [5.74, 6) is 0. The molecule has 0 radical (unpaired) electrons. The molecule has 0 heterocycles. The zero-order valence-electron chi connectivity index (χ0n) is 22.3. The van der Waals surface area contributed by atoms with Crippen LogP contribution in [0.15, 0.2) is 24.3 Å². The summed E-state index contributed by atoms with van der Waals surface area (Å²) in [6.45, 7) is 10.8. The van der Waals surface area contributed by atoms with Crippen molar-refractivity contribution in [2.45, 2.75) is 143 Å². The van der Waals surface area contributed by atoms with Gasteiger partial charge in [-0.05, 0) is 69.8 Å². The van der Waals surface area contributed by atoms with Crippen LogP contribution in [0.4, 0.5) is 0 Å². The van der Waals surface area contributed by atoms with Crippen LogP contribution < -0.4 is 0 Å². The summed E-state index contributed by atoms with van der Waals surface area (Å²) in [5.41, 5.74) is 3.01. The van der Waals surface area contributed by atoms with E-state index in [0.29, 0.717) is 0 Å². The van der Waals surface area contributed by atoms with E-state index in [4.69, 9.17) is 0 Å². The van der Waals surface area contributed by atoms with Crippen molar-refractivity contribution in [3.8, 4) is 0 Å². The van der Waals surface area contributed by atoms with Gasteiger partial charge in [-0.15, -0.1) is 0 Å². The fourth-order valence-electron chi connectivity index (χ4n) is 4.98. The van der Waals surface area contributed by atoms with E-state index in [2.05, 4.69) is 49.9 Å². The number of unbranched alkanes of at least 4 members (excludes halogenated alkanes) is 15. The van der Waals surface area contributed by atoms with E-state index in [0.717, 1.165) is 0 Å². The summed E-state index contributed by atoms with van der Waals surface area (Å²) in [6.07, 6.45) is 27.0. The Morgan fingerprint density at radius 1 is 0.500 bits per heavy atom. The summed E-state index contributed by atoms with van der Waals surface area (Å²) < 4.78 is 0. The fourth-order valence-corrected chi connectivity index (χ4v) is 4.98. The maximum Gasteiger partial charge on any atom is -0.00187 e. The molecular weight excluding hydrogens is 386 g/mol. The summed E-state index contributed by atoms with van der Waals surface area (Å²) in [7, 11) is 0. The molecule has 0 aliphatic rings. The maximum absolute atomic E-state index is 2.66. The molecule has 0 aliphatic heterocycles. The molecule has 0 saturated carbocycles. The van der Waals surface area contributed by atoms with E-state index in [1.807, 2.05) is 0 Å². The zero-order chi connectivity index (χ0) is 23.1. The van der Waals surface area contributed by atoms with Crippen LogP contribution in [0.25, 0.3) is 0 Å². The van der Waals surface area contributed by atoms with Gasteiger partial charge in [-0.2, -0.15) is 0 Å². The smallest absolute Gasteiger partial charge is 0.00187 e. The van der Waals surface area contributed by atoms with Crippen LogP contribution in [0.5, 0.6) is 0 Å². The lowest BCUT2D eigenvalue weighted by Crippen LogP contribution is -2.26. The highest BCUT2D eigenvalue weighted by molar-refractivity contribution is 5.25. The highest BCUT2D eigenvalue weighted by Gasteiger charge is 2.02. The van der Waals surface area contributed by atoms with Crippen molar-refractivity contribution in [1.82, 2.24) is 4.90 Å². The third-order valence-corrected chi connectivity index (χ3v) is 7.01. The zero-order valence-corrected chi connectivity index (χ0v) is 22.3. The fraction of sp³-hybridized carbons (Fsp3) is 0.806. The van der Waals surface area contributed by atoms with Crippen LogP contribution in [0.3, 0.4) is 0 Å². The Balaban J connectivity index is 1.75. The Morgan fingerprint density at radius 3 is 1.34 bits per heavy atom. The Hall–Kier alpha value is -0.820. The highest BCUT2D eigenvalue weighted by Crippen LogP contribution is 2.15. The summed E-state index contributed by atoms with van der Waals surface area (Å²) in [6, 6.07) is 8.87. The molecule has 0 aliphatic carbocycles. The van der Waals surface area contributed by atoms with E-state index in [9.17, 15) is 0 Å². The van der Waals surface area contributed by atoms with Crippen LogP contribution >= 0.6 is 0 Å². The van der Waals surface area contributed by atoms with Crippen molar-refractivity contribution in [1.29, 1.82) is 0 Å². The number of rotatable bonds is 23. The number of benzene rings is 1. The van der Waals surface area contributed by atoms with Gasteiger partial charge < -0.3 is 4.90 Å². The van der Waals surface area contributed by atoms with Gasteiger partial charge in [-0.25, -0.2) is 0 Å². The van der Waals surface area contributed by atoms with Crippen LogP contribution in [0.2, 0.25) is 0 Å². The lowest BCUT2D eigenvalue weighted by molar-refractivity contribution is 0.267. The molecular formula is C31H57N. The molecule has 0 unspecified atom stereocenters. The molecule has 1 nitrogen and oxygen atoms in total. The monoisotopic (exact) mass is 443 g/mol. The van der Waals surface area contributed by atoms with Gasteiger partial charge in [0.2, 0.25) is 0 Å². The van der Waals surface area contributed by atoms with Crippen LogP contribution in [-0.4, -0.2) is 24.5 Å². The predicted octanol–water partition coefficient (Wildman–Crippen LogP) is 9.90.